The molecule has 0 spiro atoms. The maximum absolute atomic E-state index is 12.6. The number of likely N-dealkylation sites (N-methyl/N-ethyl adjacent to an activating group) is 1. The predicted octanol–water partition coefficient (Wildman–Crippen LogP) is 2.02. The van der Waals surface area contributed by atoms with Gasteiger partial charge in [-0.3, -0.25) is 14.5 Å². The van der Waals surface area contributed by atoms with Gasteiger partial charge in [-0.1, -0.05) is 12.1 Å². The van der Waals surface area contributed by atoms with Crippen molar-refractivity contribution in [2.24, 2.45) is 0 Å². The molecular formula is C22H27N7O2. The fourth-order valence-electron chi connectivity index (χ4n) is 3.24. The average molecular weight is 422 g/mol. The third-order valence-electron chi connectivity index (χ3n) is 4.57. The molecular weight excluding hydrogens is 394 g/mol. The molecule has 0 fully saturated rings. The van der Waals surface area contributed by atoms with E-state index in [1.54, 1.807) is 29.9 Å². The van der Waals surface area contributed by atoms with Crippen molar-refractivity contribution in [1.29, 1.82) is 0 Å². The van der Waals surface area contributed by atoms with Crippen LogP contribution in [0.3, 0.4) is 0 Å². The van der Waals surface area contributed by atoms with Crippen LogP contribution in [0.15, 0.2) is 36.4 Å². The summed E-state index contributed by atoms with van der Waals surface area (Å²) in [6, 6.07) is 11.0. The molecule has 2 N–H and O–H groups in total. The first-order chi connectivity index (χ1) is 14.7. The van der Waals surface area contributed by atoms with E-state index in [9.17, 15) is 9.59 Å². The topological polar surface area (TPSA) is 105 Å². The summed E-state index contributed by atoms with van der Waals surface area (Å²) in [7, 11) is 3.46. The third kappa shape index (κ3) is 5.73. The fraction of sp³-hybridized carbons (Fsp3) is 0.318. The van der Waals surface area contributed by atoms with Crippen LogP contribution < -0.4 is 10.6 Å². The van der Waals surface area contributed by atoms with Crippen LogP contribution in [0, 0.1) is 20.8 Å². The molecule has 0 saturated heterocycles. The summed E-state index contributed by atoms with van der Waals surface area (Å²) < 4.78 is 1.55. The highest BCUT2D eigenvalue weighted by molar-refractivity contribution is 5.94. The Balaban J connectivity index is 1.65. The molecule has 1 aromatic carbocycles. The number of aryl methyl sites for hydroxylation is 3. The van der Waals surface area contributed by atoms with E-state index in [4.69, 9.17) is 0 Å². The zero-order valence-electron chi connectivity index (χ0n) is 18.4. The molecule has 0 bridgehead atoms. The first-order valence-corrected chi connectivity index (χ1v) is 9.94. The van der Waals surface area contributed by atoms with Gasteiger partial charge in [-0.2, -0.15) is 9.78 Å². The lowest BCUT2D eigenvalue weighted by molar-refractivity contribution is -0.117. The van der Waals surface area contributed by atoms with E-state index in [0.717, 1.165) is 22.6 Å². The molecule has 3 rings (SSSR count). The number of hydrogen-bond acceptors (Lipinski definition) is 6. The second kappa shape index (κ2) is 9.48. The largest absolute Gasteiger partial charge is 0.355 e. The molecule has 2 heterocycles. The minimum atomic E-state index is -0.171. The number of rotatable bonds is 7. The second-order valence-electron chi connectivity index (χ2n) is 7.53. The molecule has 0 atom stereocenters. The lowest BCUT2D eigenvalue weighted by Crippen LogP contribution is -2.30. The van der Waals surface area contributed by atoms with Crippen molar-refractivity contribution in [3.63, 3.8) is 0 Å². The van der Waals surface area contributed by atoms with Crippen molar-refractivity contribution in [1.82, 2.24) is 30.0 Å². The van der Waals surface area contributed by atoms with E-state index in [-0.39, 0.29) is 18.4 Å². The Kier molecular flexibility index (Phi) is 6.76. The van der Waals surface area contributed by atoms with Crippen LogP contribution in [0.4, 0.5) is 5.82 Å². The number of aromatic nitrogens is 4. The van der Waals surface area contributed by atoms with E-state index in [1.807, 2.05) is 50.9 Å². The minimum absolute atomic E-state index is 0.126. The van der Waals surface area contributed by atoms with E-state index in [2.05, 4.69) is 25.7 Å². The van der Waals surface area contributed by atoms with Crippen LogP contribution in [0.2, 0.25) is 0 Å². The molecule has 0 unspecified atom stereocenters. The number of hydrogen-bond donors (Lipinski definition) is 2. The van der Waals surface area contributed by atoms with E-state index in [1.165, 1.54) is 0 Å². The van der Waals surface area contributed by atoms with Crippen molar-refractivity contribution in [2.75, 3.05) is 26.0 Å². The summed E-state index contributed by atoms with van der Waals surface area (Å²) in [5.41, 5.74) is 4.02. The van der Waals surface area contributed by atoms with Gasteiger partial charge in [0, 0.05) is 36.6 Å². The quantitative estimate of drug-likeness (QED) is 0.605. The number of nitrogens with zero attached hydrogens (tertiary/aromatic N) is 5. The van der Waals surface area contributed by atoms with Gasteiger partial charge in [0.05, 0.1) is 12.2 Å². The van der Waals surface area contributed by atoms with Crippen molar-refractivity contribution in [3.8, 4) is 5.95 Å². The molecule has 2 amide bonds. The minimum Gasteiger partial charge on any atom is -0.355 e. The van der Waals surface area contributed by atoms with Gasteiger partial charge in [0.15, 0.2) is 0 Å². The SMILES string of the molecule is CNC(=O)c1ccc(CN(C)CC(=O)Nc2cc(C)nn2-c2nc(C)cc(C)n2)cc1. The molecule has 0 aliphatic carbocycles. The molecule has 9 heteroatoms. The van der Waals surface area contributed by atoms with Crippen LogP contribution in [0.5, 0.6) is 0 Å². The van der Waals surface area contributed by atoms with Gasteiger partial charge >= 0.3 is 0 Å². The maximum Gasteiger partial charge on any atom is 0.252 e. The normalized spacial score (nSPS) is 10.9. The van der Waals surface area contributed by atoms with Crippen LogP contribution in [0.25, 0.3) is 5.95 Å². The lowest BCUT2D eigenvalue weighted by atomic mass is 10.1. The first-order valence-electron chi connectivity index (χ1n) is 9.94. The maximum atomic E-state index is 12.6. The standard InChI is InChI=1S/C22H27N7O2/c1-14-10-15(2)25-22(24-14)29-19(11-16(3)27-29)26-20(30)13-28(5)12-17-6-8-18(9-7-17)21(31)23-4/h6-11H,12-13H2,1-5H3,(H,23,31)(H,26,30). The third-order valence-corrected chi connectivity index (χ3v) is 4.57. The first kappa shape index (κ1) is 22.1. The predicted molar refractivity (Wildman–Crippen MR) is 118 cm³/mol. The molecule has 0 radical (unpaired) electrons. The Morgan fingerprint density at radius 2 is 1.65 bits per heavy atom. The molecule has 0 saturated carbocycles. The summed E-state index contributed by atoms with van der Waals surface area (Å²) in [6.45, 7) is 6.39. The van der Waals surface area contributed by atoms with Gasteiger partial charge in [-0.15, -0.1) is 0 Å². The fourth-order valence-corrected chi connectivity index (χ4v) is 3.24. The summed E-state index contributed by atoms with van der Waals surface area (Å²) >= 11 is 0. The Labute approximate surface area is 181 Å². The van der Waals surface area contributed by atoms with Crippen LogP contribution in [-0.4, -0.2) is 57.1 Å². The molecule has 162 valence electrons. The van der Waals surface area contributed by atoms with Gasteiger partial charge in [-0.25, -0.2) is 9.97 Å². The van der Waals surface area contributed by atoms with Crippen LogP contribution >= 0.6 is 0 Å². The summed E-state index contributed by atoms with van der Waals surface area (Å²) in [5.74, 6) is 0.648. The van der Waals surface area contributed by atoms with Crippen molar-refractivity contribution in [3.05, 3.63) is 64.6 Å². The monoisotopic (exact) mass is 421 g/mol. The second-order valence-corrected chi connectivity index (χ2v) is 7.53. The van der Waals surface area contributed by atoms with Gasteiger partial charge in [-0.05, 0) is 51.6 Å². The van der Waals surface area contributed by atoms with Crippen molar-refractivity contribution < 1.29 is 9.59 Å². The molecule has 3 aromatic rings. The molecule has 0 aliphatic heterocycles. The Morgan fingerprint density at radius 1 is 1.00 bits per heavy atom. The number of benzene rings is 1. The van der Waals surface area contributed by atoms with Crippen molar-refractivity contribution >= 4 is 17.6 Å². The van der Waals surface area contributed by atoms with Crippen LogP contribution in [-0.2, 0) is 11.3 Å². The van der Waals surface area contributed by atoms with Gasteiger partial charge in [0.2, 0.25) is 5.91 Å². The van der Waals surface area contributed by atoms with Gasteiger partial charge < -0.3 is 10.6 Å². The summed E-state index contributed by atoms with van der Waals surface area (Å²) in [6.07, 6.45) is 0. The number of carbonyl (C=O) groups excluding carboxylic acids is 2. The summed E-state index contributed by atoms with van der Waals surface area (Å²) in [5, 5.41) is 9.92. The molecule has 2 aromatic heterocycles. The number of anilines is 1. The Bertz CT molecular complexity index is 1070. The van der Waals surface area contributed by atoms with E-state index in [0.29, 0.717) is 23.9 Å². The highest BCUT2D eigenvalue weighted by Gasteiger charge is 2.15. The Hall–Kier alpha value is -3.59. The zero-order chi connectivity index (χ0) is 22.5. The van der Waals surface area contributed by atoms with Crippen LogP contribution in [0.1, 0.15) is 33.0 Å². The van der Waals surface area contributed by atoms with E-state index >= 15 is 0 Å². The highest BCUT2D eigenvalue weighted by Crippen LogP contribution is 2.15. The molecule has 0 aliphatic rings. The highest BCUT2D eigenvalue weighted by atomic mass is 16.2. The smallest absolute Gasteiger partial charge is 0.252 e. The lowest BCUT2D eigenvalue weighted by Gasteiger charge is -2.17. The average Bonchev–Trinajstić information content (AvgIpc) is 3.07. The van der Waals surface area contributed by atoms with Crippen molar-refractivity contribution in [2.45, 2.75) is 27.3 Å². The number of nitrogens with one attached hydrogen (secondary N) is 2. The molecule has 31 heavy (non-hydrogen) atoms. The van der Waals surface area contributed by atoms with Gasteiger partial charge in [0.1, 0.15) is 5.82 Å². The molecule has 9 nitrogen and oxygen atoms in total. The van der Waals surface area contributed by atoms with E-state index < -0.39 is 0 Å². The number of amides is 2. The number of carbonyl (C=O) groups is 2. The summed E-state index contributed by atoms with van der Waals surface area (Å²) in [4.78, 5) is 35.0. The zero-order valence-corrected chi connectivity index (χ0v) is 18.4. The Morgan fingerprint density at radius 3 is 2.26 bits per heavy atom. The van der Waals surface area contributed by atoms with Gasteiger partial charge in [0.25, 0.3) is 11.9 Å².